The molecule has 0 aliphatic heterocycles. The molecule has 10 nitrogen and oxygen atoms in total. The SMILES string of the molecule is COc1ccc2cc(CC(=O)N[C@@H](CCCNC(=N)N)C(=O)O)c(=O)oc2c1. The van der Waals surface area contributed by atoms with E-state index in [1.165, 1.54) is 13.2 Å². The van der Waals surface area contributed by atoms with Gasteiger partial charge in [-0.15, -0.1) is 0 Å². The zero-order chi connectivity index (χ0) is 20.7. The molecule has 10 heteroatoms. The van der Waals surface area contributed by atoms with Crippen molar-refractivity contribution in [3.05, 3.63) is 40.2 Å². The highest BCUT2D eigenvalue weighted by Gasteiger charge is 2.20. The van der Waals surface area contributed by atoms with Crippen LogP contribution in [0.1, 0.15) is 18.4 Å². The number of carboxylic acids is 1. The number of rotatable bonds is 9. The molecule has 1 heterocycles. The van der Waals surface area contributed by atoms with Gasteiger partial charge in [0, 0.05) is 23.6 Å². The van der Waals surface area contributed by atoms with E-state index in [1.807, 2.05) is 0 Å². The number of benzene rings is 1. The van der Waals surface area contributed by atoms with Crippen LogP contribution in [0.5, 0.6) is 5.75 Å². The molecule has 1 aromatic carbocycles. The van der Waals surface area contributed by atoms with Crippen LogP contribution < -0.4 is 26.7 Å². The van der Waals surface area contributed by atoms with E-state index in [-0.39, 0.29) is 24.4 Å². The summed E-state index contributed by atoms with van der Waals surface area (Å²) < 4.78 is 10.3. The highest BCUT2D eigenvalue weighted by molar-refractivity contribution is 5.86. The molecule has 0 aliphatic rings. The smallest absolute Gasteiger partial charge is 0.339 e. The molecule has 0 bridgehead atoms. The number of carbonyl (C=O) groups is 2. The van der Waals surface area contributed by atoms with Crippen molar-refractivity contribution in [2.24, 2.45) is 5.73 Å². The fourth-order valence-electron chi connectivity index (χ4n) is 2.59. The number of ether oxygens (including phenoxy) is 1. The van der Waals surface area contributed by atoms with E-state index >= 15 is 0 Å². The fraction of sp³-hybridized carbons (Fsp3) is 0.333. The van der Waals surface area contributed by atoms with Crippen molar-refractivity contribution >= 4 is 28.8 Å². The van der Waals surface area contributed by atoms with Crippen molar-refractivity contribution in [1.82, 2.24) is 10.6 Å². The average molecular weight is 390 g/mol. The molecular weight excluding hydrogens is 368 g/mol. The van der Waals surface area contributed by atoms with Crippen molar-refractivity contribution in [2.45, 2.75) is 25.3 Å². The quantitative estimate of drug-likeness (QED) is 0.175. The molecular formula is C18H22N4O6. The number of nitrogens with two attached hydrogens (primary N) is 1. The van der Waals surface area contributed by atoms with Crippen LogP contribution in [0.2, 0.25) is 0 Å². The second kappa shape index (κ2) is 9.40. The number of carbonyl (C=O) groups excluding carboxylic acids is 1. The Kier molecular flexibility index (Phi) is 6.96. The lowest BCUT2D eigenvalue weighted by molar-refractivity contribution is -0.141. The topological polar surface area (TPSA) is 168 Å². The summed E-state index contributed by atoms with van der Waals surface area (Å²) in [5, 5.41) is 21.9. The van der Waals surface area contributed by atoms with Gasteiger partial charge in [-0.1, -0.05) is 0 Å². The highest BCUT2D eigenvalue weighted by atomic mass is 16.5. The first-order valence-electron chi connectivity index (χ1n) is 8.51. The maximum Gasteiger partial charge on any atom is 0.339 e. The zero-order valence-corrected chi connectivity index (χ0v) is 15.3. The molecule has 1 aromatic heterocycles. The Hall–Kier alpha value is -3.56. The lowest BCUT2D eigenvalue weighted by Gasteiger charge is -2.14. The van der Waals surface area contributed by atoms with Gasteiger partial charge in [0.05, 0.1) is 13.5 Å². The van der Waals surface area contributed by atoms with E-state index < -0.39 is 23.5 Å². The summed E-state index contributed by atoms with van der Waals surface area (Å²) in [5.74, 6) is -1.47. The van der Waals surface area contributed by atoms with Crippen molar-refractivity contribution in [3.63, 3.8) is 0 Å². The van der Waals surface area contributed by atoms with Crippen molar-refractivity contribution in [3.8, 4) is 5.75 Å². The number of amides is 1. The minimum atomic E-state index is -1.19. The third-order valence-corrected chi connectivity index (χ3v) is 3.98. The Bertz CT molecular complexity index is 939. The van der Waals surface area contributed by atoms with Crippen LogP contribution in [0.3, 0.4) is 0 Å². The summed E-state index contributed by atoms with van der Waals surface area (Å²) in [7, 11) is 1.49. The second-order valence-corrected chi connectivity index (χ2v) is 6.08. The zero-order valence-electron chi connectivity index (χ0n) is 15.3. The second-order valence-electron chi connectivity index (χ2n) is 6.08. The van der Waals surface area contributed by atoms with Gasteiger partial charge in [0.2, 0.25) is 5.91 Å². The summed E-state index contributed by atoms with van der Waals surface area (Å²) in [6.45, 7) is 0.312. The summed E-state index contributed by atoms with van der Waals surface area (Å²) in [6, 6.07) is 5.38. The molecule has 0 saturated heterocycles. The predicted octanol–water partition coefficient (Wildman–Crippen LogP) is 0.177. The molecule has 0 saturated carbocycles. The van der Waals surface area contributed by atoms with E-state index in [4.69, 9.17) is 20.3 Å². The van der Waals surface area contributed by atoms with Gasteiger partial charge in [-0.25, -0.2) is 9.59 Å². The number of nitrogens with one attached hydrogen (secondary N) is 3. The number of hydrogen-bond acceptors (Lipinski definition) is 6. The van der Waals surface area contributed by atoms with Crippen LogP contribution >= 0.6 is 0 Å². The molecule has 0 spiro atoms. The van der Waals surface area contributed by atoms with Crippen LogP contribution in [0.4, 0.5) is 0 Å². The molecule has 0 fully saturated rings. The maximum atomic E-state index is 12.2. The Morgan fingerprint density at radius 3 is 2.75 bits per heavy atom. The number of fused-ring (bicyclic) bond motifs is 1. The largest absolute Gasteiger partial charge is 0.497 e. The molecule has 1 atom stereocenters. The molecule has 0 unspecified atom stereocenters. The third-order valence-electron chi connectivity index (χ3n) is 3.98. The van der Waals surface area contributed by atoms with Crippen LogP contribution in [0, 0.1) is 5.41 Å². The van der Waals surface area contributed by atoms with E-state index in [9.17, 15) is 19.5 Å². The van der Waals surface area contributed by atoms with Crippen LogP contribution in [0.15, 0.2) is 33.5 Å². The first-order chi connectivity index (χ1) is 13.3. The maximum absolute atomic E-state index is 12.2. The molecule has 1 amide bonds. The number of hydrogen-bond donors (Lipinski definition) is 5. The summed E-state index contributed by atoms with van der Waals surface area (Å²) >= 11 is 0. The fourth-order valence-corrected chi connectivity index (χ4v) is 2.59. The average Bonchev–Trinajstić information content (AvgIpc) is 2.64. The summed E-state index contributed by atoms with van der Waals surface area (Å²) in [5.41, 5.74) is 4.92. The molecule has 0 radical (unpaired) electrons. The third kappa shape index (κ3) is 5.73. The monoisotopic (exact) mass is 390 g/mol. The van der Waals surface area contributed by atoms with Gasteiger partial charge >= 0.3 is 11.6 Å². The normalized spacial score (nSPS) is 11.6. The number of aliphatic carboxylic acids is 1. The minimum absolute atomic E-state index is 0.123. The van der Waals surface area contributed by atoms with Crippen molar-refractivity contribution in [1.29, 1.82) is 5.41 Å². The molecule has 0 aliphatic carbocycles. The molecule has 150 valence electrons. The summed E-state index contributed by atoms with van der Waals surface area (Å²) in [4.78, 5) is 35.7. The Labute approximate surface area is 160 Å². The lowest BCUT2D eigenvalue weighted by atomic mass is 10.1. The van der Waals surface area contributed by atoms with Crippen molar-refractivity contribution < 1.29 is 23.8 Å². The van der Waals surface area contributed by atoms with E-state index in [0.717, 1.165) is 0 Å². The number of methoxy groups -OCH3 is 1. The first kappa shape index (κ1) is 20.7. The molecule has 6 N–H and O–H groups in total. The van der Waals surface area contributed by atoms with Gasteiger partial charge in [0.25, 0.3) is 0 Å². The lowest BCUT2D eigenvalue weighted by Crippen LogP contribution is -2.42. The van der Waals surface area contributed by atoms with E-state index in [1.54, 1.807) is 18.2 Å². The van der Waals surface area contributed by atoms with Gasteiger partial charge in [0.1, 0.15) is 17.4 Å². The van der Waals surface area contributed by atoms with Crippen LogP contribution in [-0.2, 0) is 16.0 Å². The van der Waals surface area contributed by atoms with Gasteiger partial charge in [-0.3, -0.25) is 10.2 Å². The number of carboxylic acid groups (broad SMARTS) is 1. The predicted molar refractivity (Wildman–Crippen MR) is 101 cm³/mol. The molecule has 2 aromatic rings. The van der Waals surface area contributed by atoms with Gasteiger partial charge in [-0.05, 0) is 31.0 Å². The van der Waals surface area contributed by atoms with Gasteiger partial charge in [-0.2, -0.15) is 0 Å². The first-order valence-corrected chi connectivity index (χ1v) is 8.51. The van der Waals surface area contributed by atoms with E-state index in [2.05, 4.69) is 10.6 Å². The Balaban J connectivity index is 2.04. The standard InChI is InChI=1S/C18H22N4O6/c1-27-12-5-4-10-7-11(17(26)28-14(10)9-12)8-15(23)22-13(16(24)25)3-2-6-21-18(19)20/h4-5,7,9,13H,2-3,6,8H2,1H3,(H,22,23)(H,24,25)(H4,19,20,21)/t13-/m0/s1. The van der Waals surface area contributed by atoms with Gasteiger partial charge in [0.15, 0.2) is 5.96 Å². The highest BCUT2D eigenvalue weighted by Crippen LogP contribution is 2.20. The van der Waals surface area contributed by atoms with Crippen LogP contribution in [-0.4, -0.2) is 42.6 Å². The van der Waals surface area contributed by atoms with Crippen molar-refractivity contribution in [2.75, 3.05) is 13.7 Å². The minimum Gasteiger partial charge on any atom is -0.497 e. The molecule has 28 heavy (non-hydrogen) atoms. The van der Waals surface area contributed by atoms with E-state index in [0.29, 0.717) is 29.7 Å². The number of guanidine groups is 1. The van der Waals surface area contributed by atoms with Gasteiger partial charge < -0.3 is 30.6 Å². The summed E-state index contributed by atoms with van der Waals surface area (Å²) in [6.07, 6.45) is 0.226. The molecule has 2 rings (SSSR count). The van der Waals surface area contributed by atoms with Crippen LogP contribution in [0.25, 0.3) is 11.0 Å². The Morgan fingerprint density at radius 1 is 1.36 bits per heavy atom. The Morgan fingerprint density at radius 2 is 2.11 bits per heavy atom.